The highest BCUT2D eigenvalue weighted by Crippen LogP contribution is 2.30. The predicted molar refractivity (Wildman–Crippen MR) is 129 cm³/mol. The molecule has 0 unspecified atom stereocenters. The Labute approximate surface area is 190 Å². The van der Waals surface area contributed by atoms with Gasteiger partial charge in [0.2, 0.25) is 0 Å². The number of benzene rings is 2. The van der Waals surface area contributed by atoms with Gasteiger partial charge in [0.1, 0.15) is 17.2 Å². The molecule has 3 aromatic heterocycles. The number of carbonyl (C=O) groups is 1. The molecule has 158 valence electrons. The third-order valence-electron chi connectivity index (χ3n) is 5.30. The van der Waals surface area contributed by atoms with Crippen LogP contribution in [0.3, 0.4) is 0 Å². The Hall–Kier alpha value is -3.84. The molecule has 3 heterocycles. The summed E-state index contributed by atoms with van der Waals surface area (Å²) in [5, 5.41) is 3.97. The van der Waals surface area contributed by atoms with Gasteiger partial charge in [-0.2, -0.15) is 0 Å². The molecule has 0 saturated carbocycles. The van der Waals surface area contributed by atoms with Gasteiger partial charge in [-0.3, -0.25) is 13.8 Å². The molecular formula is C25H21N5OS. The van der Waals surface area contributed by atoms with E-state index >= 15 is 0 Å². The molecule has 0 fully saturated rings. The topological polar surface area (TPSA) is 64.2 Å². The predicted octanol–water partition coefficient (Wildman–Crippen LogP) is 5.47. The number of nitrogens with zero attached hydrogens (tertiary/aromatic N) is 4. The fourth-order valence-electron chi connectivity index (χ4n) is 3.73. The van der Waals surface area contributed by atoms with E-state index in [1.54, 1.807) is 18.0 Å². The number of thioether (sulfide) groups is 1. The maximum absolute atomic E-state index is 13.3. The van der Waals surface area contributed by atoms with Crippen molar-refractivity contribution >= 4 is 29.1 Å². The first-order valence-electron chi connectivity index (χ1n) is 10.2. The van der Waals surface area contributed by atoms with Crippen molar-refractivity contribution in [2.45, 2.75) is 12.1 Å². The number of amides is 1. The van der Waals surface area contributed by atoms with E-state index in [0.717, 1.165) is 33.3 Å². The largest absolute Gasteiger partial charge is 0.306 e. The number of aromatic nitrogens is 4. The highest BCUT2D eigenvalue weighted by atomic mass is 32.2. The van der Waals surface area contributed by atoms with Crippen molar-refractivity contribution < 1.29 is 4.79 Å². The number of rotatable bonds is 5. The summed E-state index contributed by atoms with van der Waals surface area (Å²) in [6, 6.07) is 21.4. The fraction of sp³-hybridized carbons (Fsp3) is 0.0800. The van der Waals surface area contributed by atoms with Gasteiger partial charge in [0.15, 0.2) is 5.16 Å². The number of nitrogens with one attached hydrogen (secondary N) is 1. The Balaban J connectivity index is 1.56. The van der Waals surface area contributed by atoms with Crippen LogP contribution >= 0.6 is 11.8 Å². The Bertz CT molecular complexity index is 1420. The van der Waals surface area contributed by atoms with Crippen LogP contribution in [-0.2, 0) is 0 Å². The maximum Gasteiger partial charge on any atom is 0.256 e. The average molecular weight is 440 g/mol. The van der Waals surface area contributed by atoms with Crippen LogP contribution < -0.4 is 5.32 Å². The molecule has 7 heteroatoms. The highest BCUT2D eigenvalue weighted by molar-refractivity contribution is 7.98. The molecule has 0 atom stereocenters. The molecule has 1 amide bonds. The molecule has 0 aliphatic carbocycles. The van der Waals surface area contributed by atoms with Crippen LogP contribution in [0, 0.1) is 6.92 Å². The first-order valence-corrected chi connectivity index (χ1v) is 11.4. The summed E-state index contributed by atoms with van der Waals surface area (Å²) in [6.45, 7) is 2.01. The lowest BCUT2D eigenvalue weighted by Crippen LogP contribution is -2.14. The van der Waals surface area contributed by atoms with Gasteiger partial charge in [0, 0.05) is 35.4 Å². The minimum Gasteiger partial charge on any atom is -0.306 e. The lowest BCUT2D eigenvalue weighted by molar-refractivity contribution is 0.102. The molecule has 1 N–H and O–H groups in total. The molecular weight excluding hydrogens is 418 g/mol. The summed E-state index contributed by atoms with van der Waals surface area (Å²) in [5.41, 5.74) is 4.99. The van der Waals surface area contributed by atoms with Crippen LogP contribution in [0.5, 0.6) is 0 Å². The molecule has 6 nitrogen and oxygen atoms in total. The third-order valence-corrected chi connectivity index (χ3v) is 5.97. The maximum atomic E-state index is 13.3. The van der Waals surface area contributed by atoms with Gasteiger partial charge < -0.3 is 5.32 Å². The van der Waals surface area contributed by atoms with Crippen LogP contribution in [0.1, 0.15) is 15.9 Å². The van der Waals surface area contributed by atoms with Crippen molar-refractivity contribution in [1.29, 1.82) is 0 Å². The second-order valence-electron chi connectivity index (χ2n) is 7.35. The number of pyridine rings is 1. The summed E-state index contributed by atoms with van der Waals surface area (Å²) in [4.78, 5) is 22.5. The summed E-state index contributed by atoms with van der Waals surface area (Å²) >= 11 is 1.56. The van der Waals surface area contributed by atoms with Crippen LogP contribution in [-0.4, -0.2) is 31.1 Å². The SMILES string of the molecule is CSc1nccn1-c1cccc(C(=O)Nc2c(-c3ccccc3)nc3c(C)cccn23)c1. The molecule has 0 spiro atoms. The van der Waals surface area contributed by atoms with Crippen molar-refractivity contribution in [2.24, 2.45) is 0 Å². The van der Waals surface area contributed by atoms with Crippen molar-refractivity contribution in [3.8, 4) is 16.9 Å². The van der Waals surface area contributed by atoms with Gasteiger partial charge in [-0.15, -0.1) is 0 Å². The summed E-state index contributed by atoms with van der Waals surface area (Å²) in [5.74, 6) is 0.455. The lowest BCUT2D eigenvalue weighted by atomic mass is 10.1. The van der Waals surface area contributed by atoms with Gasteiger partial charge in [0.05, 0.1) is 0 Å². The average Bonchev–Trinajstić information content (AvgIpc) is 3.45. The Morgan fingerprint density at radius 1 is 1.00 bits per heavy atom. The molecule has 2 aromatic carbocycles. The van der Waals surface area contributed by atoms with E-state index in [1.165, 1.54) is 0 Å². The minimum atomic E-state index is -0.196. The zero-order chi connectivity index (χ0) is 22.1. The molecule has 5 aromatic rings. The van der Waals surface area contributed by atoms with Gasteiger partial charge in [-0.1, -0.05) is 54.2 Å². The third kappa shape index (κ3) is 3.56. The van der Waals surface area contributed by atoms with Crippen molar-refractivity contribution in [3.05, 3.63) is 96.4 Å². The molecule has 32 heavy (non-hydrogen) atoms. The van der Waals surface area contributed by atoms with Gasteiger partial charge >= 0.3 is 0 Å². The van der Waals surface area contributed by atoms with Gasteiger partial charge in [0.25, 0.3) is 5.91 Å². The van der Waals surface area contributed by atoms with Gasteiger partial charge in [-0.05, 0) is 43.0 Å². The molecule has 0 aliphatic rings. The number of carbonyl (C=O) groups excluding carboxylic acids is 1. The van der Waals surface area contributed by atoms with Crippen LogP contribution in [0.25, 0.3) is 22.6 Å². The highest BCUT2D eigenvalue weighted by Gasteiger charge is 2.18. The Morgan fingerprint density at radius 2 is 1.84 bits per heavy atom. The van der Waals surface area contributed by atoms with E-state index in [-0.39, 0.29) is 5.91 Å². The number of fused-ring (bicyclic) bond motifs is 1. The van der Waals surface area contributed by atoms with Crippen LogP contribution in [0.2, 0.25) is 0 Å². The molecule has 0 saturated heterocycles. The minimum absolute atomic E-state index is 0.196. The molecule has 0 aliphatic heterocycles. The zero-order valence-electron chi connectivity index (χ0n) is 17.7. The molecule has 5 rings (SSSR count). The smallest absolute Gasteiger partial charge is 0.256 e. The fourth-order valence-corrected chi connectivity index (χ4v) is 4.26. The molecule has 0 radical (unpaired) electrons. The first-order chi connectivity index (χ1) is 15.7. The van der Waals surface area contributed by atoms with E-state index in [9.17, 15) is 4.79 Å². The van der Waals surface area contributed by atoms with E-state index in [0.29, 0.717) is 11.4 Å². The number of hydrogen-bond acceptors (Lipinski definition) is 4. The number of anilines is 1. The van der Waals surface area contributed by atoms with Crippen LogP contribution in [0.4, 0.5) is 5.82 Å². The number of hydrogen-bond donors (Lipinski definition) is 1. The quantitative estimate of drug-likeness (QED) is 0.369. The first kappa shape index (κ1) is 20.1. The zero-order valence-corrected chi connectivity index (χ0v) is 18.5. The van der Waals surface area contributed by atoms with E-state index in [1.807, 2.05) is 101 Å². The lowest BCUT2D eigenvalue weighted by Gasteiger charge is -2.10. The standard InChI is InChI=1S/C25H21N5OS/c1-17-8-7-14-30-22(17)27-21(18-9-4-3-5-10-18)23(30)28-24(31)19-11-6-12-20(16-19)29-15-13-26-25(29)32-2/h3-16H,1-2H3,(H,28,31). The van der Waals surface area contributed by atoms with Crippen molar-refractivity contribution in [3.63, 3.8) is 0 Å². The van der Waals surface area contributed by atoms with E-state index in [4.69, 9.17) is 4.98 Å². The second kappa shape index (κ2) is 8.36. The van der Waals surface area contributed by atoms with E-state index < -0.39 is 0 Å². The normalized spacial score (nSPS) is 11.1. The summed E-state index contributed by atoms with van der Waals surface area (Å²) in [6.07, 6.45) is 7.55. The monoisotopic (exact) mass is 439 g/mol. The Morgan fingerprint density at radius 3 is 2.66 bits per heavy atom. The number of imidazole rings is 2. The van der Waals surface area contributed by atoms with E-state index in [2.05, 4.69) is 10.3 Å². The second-order valence-corrected chi connectivity index (χ2v) is 8.12. The van der Waals surface area contributed by atoms with Crippen molar-refractivity contribution in [1.82, 2.24) is 18.9 Å². The van der Waals surface area contributed by atoms with Gasteiger partial charge in [-0.25, -0.2) is 9.97 Å². The number of aryl methyl sites for hydroxylation is 1. The Kier molecular flexibility index (Phi) is 5.25. The van der Waals surface area contributed by atoms with Crippen LogP contribution in [0.15, 0.2) is 90.5 Å². The van der Waals surface area contributed by atoms with Crippen molar-refractivity contribution in [2.75, 3.05) is 11.6 Å². The summed E-state index contributed by atoms with van der Waals surface area (Å²) in [7, 11) is 0. The molecule has 0 bridgehead atoms. The summed E-state index contributed by atoms with van der Waals surface area (Å²) < 4.78 is 3.90.